The molecule has 1 atom stereocenters. The second-order valence-corrected chi connectivity index (χ2v) is 3.18. The van der Waals surface area contributed by atoms with Gasteiger partial charge < -0.3 is 10.1 Å². The first-order valence-corrected chi connectivity index (χ1v) is 4.43. The van der Waals surface area contributed by atoms with Crippen LogP contribution in [0.25, 0.3) is 0 Å². The third-order valence-electron chi connectivity index (χ3n) is 1.43. The molecule has 0 rings (SSSR count). The fourth-order valence-corrected chi connectivity index (χ4v) is 0.930. The van der Waals surface area contributed by atoms with Gasteiger partial charge in [-0.3, -0.25) is 0 Å². The van der Waals surface area contributed by atoms with Crippen molar-refractivity contribution in [1.29, 1.82) is 5.26 Å². The molecule has 1 N–H and O–H groups in total. The van der Waals surface area contributed by atoms with Crippen LogP contribution in [0.4, 0.5) is 4.79 Å². The SMILES string of the molecule is CCOC(=O)NC(C#N)CC(C)C. The first-order chi connectivity index (χ1) is 6.10. The van der Waals surface area contributed by atoms with Crippen molar-refractivity contribution < 1.29 is 9.53 Å². The van der Waals surface area contributed by atoms with Gasteiger partial charge in [-0.2, -0.15) is 5.26 Å². The number of nitrogens with zero attached hydrogens (tertiary/aromatic N) is 1. The topological polar surface area (TPSA) is 62.1 Å². The monoisotopic (exact) mass is 184 g/mol. The van der Waals surface area contributed by atoms with Crippen LogP contribution in [-0.2, 0) is 4.74 Å². The number of ether oxygens (including phenoxy) is 1. The third-order valence-corrected chi connectivity index (χ3v) is 1.43. The maximum absolute atomic E-state index is 10.9. The molecule has 1 amide bonds. The largest absolute Gasteiger partial charge is 0.450 e. The van der Waals surface area contributed by atoms with Crippen LogP contribution in [0.1, 0.15) is 27.2 Å². The van der Waals surface area contributed by atoms with Crippen LogP contribution in [0.15, 0.2) is 0 Å². The highest BCUT2D eigenvalue weighted by Gasteiger charge is 2.12. The standard InChI is InChI=1S/C9H16N2O2/c1-4-13-9(12)11-8(6-10)5-7(2)3/h7-8H,4-5H2,1-3H3,(H,11,12). The van der Waals surface area contributed by atoms with Crippen LogP contribution >= 0.6 is 0 Å². The lowest BCUT2D eigenvalue weighted by molar-refractivity contribution is 0.149. The van der Waals surface area contributed by atoms with Gasteiger partial charge in [0, 0.05) is 0 Å². The van der Waals surface area contributed by atoms with E-state index in [0.717, 1.165) is 0 Å². The fourth-order valence-electron chi connectivity index (χ4n) is 0.930. The van der Waals surface area contributed by atoms with Crippen molar-refractivity contribution >= 4 is 6.09 Å². The third kappa shape index (κ3) is 5.97. The molecule has 0 saturated heterocycles. The van der Waals surface area contributed by atoms with E-state index in [9.17, 15) is 4.79 Å². The van der Waals surface area contributed by atoms with E-state index in [-0.39, 0.29) is 0 Å². The summed E-state index contributed by atoms with van der Waals surface area (Å²) in [5.41, 5.74) is 0. The van der Waals surface area contributed by atoms with Crippen LogP contribution in [-0.4, -0.2) is 18.7 Å². The summed E-state index contributed by atoms with van der Waals surface area (Å²) in [6, 6.07) is 1.57. The Kier molecular flexibility index (Phi) is 5.69. The number of nitriles is 1. The van der Waals surface area contributed by atoms with E-state index in [1.165, 1.54) is 0 Å². The average molecular weight is 184 g/mol. The number of nitrogens with one attached hydrogen (secondary N) is 1. The summed E-state index contributed by atoms with van der Waals surface area (Å²) < 4.78 is 4.65. The van der Waals surface area contributed by atoms with Gasteiger partial charge in [0.15, 0.2) is 0 Å². The molecule has 13 heavy (non-hydrogen) atoms. The van der Waals surface area contributed by atoms with Gasteiger partial charge in [-0.05, 0) is 19.3 Å². The lowest BCUT2D eigenvalue weighted by Crippen LogP contribution is -2.35. The minimum atomic E-state index is -0.519. The number of rotatable bonds is 4. The number of alkyl carbamates (subject to hydrolysis) is 1. The van der Waals surface area contributed by atoms with Crippen molar-refractivity contribution in [2.24, 2.45) is 5.92 Å². The summed E-state index contributed by atoms with van der Waals surface area (Å²) >= 11 is 0. The van der Waals surface area contributed by atoms with Crippen molar-refractivity contribution in [3.05, 3.63) is 0 Å². The van der Waals surface area contributed by atoms with E-state index in [2.05, 4.69) is 10.1 Å². The Balaban J connectivity index is 3.85. The molecule has 0 aliphatic rings. The lowest BCUT2D eigenvalue weighted by Gasteiger charge is -2.12. The molecule has 1 unspecified atom stereocenters. The van der Waals surface area contributed by atoms with Gasteiger partial charge in [-0.1, -0.05) is 13.8 Å². The smallest absolute Gasteiger partial charge is 0.408 e. The zero-order valence-electron chi connectivity index (χ0n) is 8.33. The van der Waals surface area contributed by atoms with Crippen LogP contribution in [0.2, 0.25) is 0 Å². The normalized spacial score (nSPS) is 11.9. The van der Waals surface area contributed by atoms with Gasteiger partial charge in [-0.25, -0.2) is 4.79 Å². The van der Waals surface area contributed by atoms with E-state index >= 15 is 0 Å². The van der Waals surface area contributed by atoms with E-state index in [1.807, 2.05) is 19.9 Å². The maximum atomic E-state index is 10.9. The molecular formula is C9H16N2O2. The molecule has 0 bridgehead atoms. The molecule has 0 radical (unpaired) electrons. The van der Waals surface area contributed by atoms with Crippen molar-refractivity contribution in [3.8, 4) is 6.07 Å². The highest BCUT2D eigenvalue weighted by Crippen LogP contribution is 2.03. The van der Waals surface area contributed by atoms with Crippen molar-refractivity contribution in [1.82, 2.24) is 5.32 Å². The van der Waals surface area contributed by atoms with E-state index < -0.39 is 12.1 Å². The molecular weight excluding hydrogens is 168 g/mol. The van der Waals surface area contributed by atoms with E-state index in [0.29, 0.717) is 18.9 Å². The predicted molar refractivity (Wildman–Crippen MR) is 49.0 cm³/mol. The van der Waals surface area contributed by atoms with Gasteiger partial charge in [-0.15, -0.1) is 0 Å². The Bertz CT molecular complexity index is 196. The Morgan fingerprint density at radius 3 is 2.62 bits per heavy atom. The Morgan fingerprint density at radius 2 is 2.23 bits per heavy atom. The highest BCUT2D eigenvalue weighted by atomic mass is 16.5. The Hall–Kier alpha value is -1.24. The molecule has 0 aromatic heterocycles. The zero-order chi connectivity index (χ0) is 10.3. The van der Waals surface area contributed by atoms with Crippen molar-refractivity contribution in [2.45, 2.75) is 33.2 Å². The molecule has 0 heterocycles. The molecule has 4 nitrogen and oxygen atoms in total. The first-order valence-electron chi connectivity index (χ1n) is 4.43. The molecule has 0 saturated carbocycles. The van der Waals surface area contributed by atoms with E-state index in [4.69, 9.17) is 5.26 Å². The van der Waals surface area contributed by atoms with Gasteiger partial charge in [0.1, 0.15) is 6.04 Å². The number of hydrogen-bond donors (Lipinski definition) is 1. The summed E-state index contributed by atoms with van der Waals surface area (Å²) in [4.78, 5) is 10.9. The minimum absolute atomic E-state index is 0.325. The van der Waals surface area contributed by atoms with Crippen LogP contribution in [0.5, 0.6) is 0 Å². The Morgan fingerprint density at radius 1 is 1.62 bits per heavy atom. The lowest BCUT2D eigenvalue weighted by atomic mass is 10.1. The van der Waals surface area contributed by atoms with Gasteiger partial charge in [0.05, 0.1) is 12.7 Å². The molecule has 74 valence electrons. The average Bonchev–Trinajstić information content (AvgIpc) is 2.02. The molecule has 0 aromatic rings. The van der Waals surface area contributed by atoms with Crippen LogP contribution in [0, 0.1) is 17.2 Å². The fraction of sp³-hybridized carbons (Fsp3) is 0.778. The number of amides is 1. The van der Waals surface area contributed by atoms with Gasteiger partial charge in [0.2, 0.25) is 0 Å². The summed E-state index contributed by atoms with van der Waals surface area (Å²) in [5.74, 6) is 0.381. The molecule has 0 aliphatic carbocycles. The second kappa shape index (κ2) is 6.30. The first kappa shape index (κ1) is 11.8. The number of carbonyl (C=O) groups excluding carboxylic acids is 1. The zero-order valence-corrected chi connectivity index (χ0v) is 8.33. The van der Waals surface area contributed by atoms with Crippen LogP contribution in [0.3, 0.4) is 0 Å². The predicted octanol–water partition coefficient (Wildman–Crippen LogP) is 1.67. The summed E-state index contributed by atoms with van der Waals surface area (Å²) in [7, 11) is 0. The summed E-state index contributed by atoms with van der Waals surface area (Å²) in [6.45, 7) is 6.05. The van der Waals surface area contributed by atoms with Crippen molar-refractivity contribution in [2.75, 3.05) is 6.61 Å². The number of hydrogen-bond acceptors (Lipinski definition) is 3. The van der Waals surface area contributed by atoms with Crippen LogP contribution < -0.4 is 5.32 Å². The minimum Gasteiger partial charge on any atom is -0.450 e. The molecule has 0 spiro atoms. The molecule has 0 fully saturated rings. The number of carbonyl (C=O) groups is 1. The molecule has 0 aromatic carbocycles. The van der Waals surface area contributed by atoms with Gasteiger partial charge in [0.25, 0.3) is 0 Å². The molecule has 0 aliphatic heterocycles. The van der Waals surface area contributed by atoms with E-state index in [1.54, 1.807) is 6.92 Å². The second-order valence-electron chi connectivity index (χ2n) is 3.18. The van der Waals surface area contributed by atoms with Gasteiger partial charge >= 0.3 is 6.09 Å². The quantitative estimate of drug-likeness (QED) is 0.722. The Labute approximate surface area is 78.9 Å². The van der Waals surface area contributed by atoms with Crippen molar-refractivity contribution in [3.63, 3.8) is 0 Å². The summed E-state index contributed by atoms with van der Waals surface area (Å²) in [5, 5.41) is 11.1. The highest BCUT2D eigenvalue weighted by molar-refractivity contribution is 5.67. The molecule has 4 heteroatoms. The maximum Gasteiger partial charge on any atom is 0.408 e. The summed E-state index contributed by atoms with van der Waals surface area (Å²) in [6.07, 6.45) is 0.129.